The van der Waals surface area contributed by atoms with Crippen LogP contribution in [-0.2, 0) is 9.53 Å². The van der Waals surface area contributed by atoms with Gasteiger partial charge in [0.2, 0.25) is 0 Å². The van der Waals surface area contributed by atoms with Gasteiger partial charge < -0.3 is 15.2 Å². The Morgan fingerprint density at radius 2 is 1.80 bits per heavy atom. The number of nitrogens with one attached hydrogen (secondary N) is 1. The number of aliphatic hydroxyl groups is 1. The van der Waals surface area contributed by atoms with Crippen LogP contribution < -0.4 is 5.32 Å². The number of rotatable bonds is 9. The van der Waals surface area contributed by atoms with Crippen molar-refractivity contribution in [3.63, 3.8) is 0 Å². The fraction of sp³-hybridized carbons (Fsp3) is 0.938. The summed E-state index contributed by atoms with van der Waals surface area (Å²) in [6.45, 7) is 15.6. The van der Waals surface area contributed by atoms with Gasteiger partial charge in [0.25, 0.3) is 0 Å². The molecule has 0 saturated carbocycles. The molecule has 0 spiro atoms. The zero-order valence-corrected chi connectivity index (χ0v) is 14.5. The van der Waals surface area contributed by atoms with Gasteiger partial charge >= 0.3 is 0 Å². The number of ether oxygens (including phenoxy) is 1. The summed E-state index contributed by atoms with van der Waals surface area (Å²) in [5.74, 6) is 0.809. The summed E-state index contributed by atoms with van der Waals surface area (Å²) in [5.41, 5.74) is -0.594. The summed E-state index contributed by atoms with van der Waals surface area (Å²) >= 11 is 0. The van der Waals surface area contributed by atoms with E-state index in [4.69, 9.17) is 9.84 Å². The molecular formula is C16H35NO3. The minimum atomic E-state index is -0.594. The first kappa shape index (κ1) is 21.8. The lowest BCUT2D eigenvalue weighted by Gasteiger charge is -2.23. The maximum Gasteiger partial charge on any atom is 0.163 e. The Morgan fingerprint density at radius 3 is 2.10 bits per heavy atom. The van der Waals surface area contributed by atoms with Crippen LogP contribution >= 0.6 is 0 Å². The van der Waals surface area contributed by atoms with Crippen molar-refractivity contribution >= 4 is 5.78 Å². The molecule has 0 atom stereocenters. The first-order valence-corrected chi connectivity index (χ1v) is 7.68. The van der Waals surface area contributed by atoms with Gasteiger partial charge in [-0.1, -0.05) is 34.6 Å². The van der Waals surface area contributed by atoms with Crippen LogP contribution in [0.3, 0.4) is 0 Å². The van der Waals surface area contributed by atoms with Gasteiger partial charge in [-0.3, -0.25) is 4.79 Å². The molecule has 0 fully saturated rings. The number of carbonyl (C=O) groups is 1. The van der Waals surface area contributed by atoms with Gasteiger partial charge in [-0.05, 0) is 26.2 Å². The molecule has 4 nitrogen and oxygen atoms in total. The second-order valence-electron chi connectivity index (χ2n) is 6.15. The third-order valence-electron chi connectivity index (χ3n) is 2.82. The number of Topliss-reactive ketones (excluding diaryl/α,β-unsaturated/α-hetero) is 1. The van der Waals surface area contributed by atoms with Gasteiger partial charge in [0.1, 0.15) is 5.60 Å². The predicted molar refractivity (Wildman–Crippen MR) is 85.0 cm³/mol. The largest absolute Gasteiger partial charge is 0.395 e. The van der Waals surface area contributed by atoms with E-state index in [0.717, 1.165) is 6.42 Å². The van der Waals surface area contributed by atoms with Crippen molar-refractivity contribution in [2.75, 3.05) is 19.8 Å². The molecule has 0 radical (unpaired) electrons. The quantitative estimate of drug-likeness (QED) is 0.685. The van der Waals surface area contributed by atoms with E-state index >= 15 is 0 Å². The third-order valence-corrected chi connectivity index (χ3v) is 2.82. The van der Waals surface area contributed by atoms with Crippen molar-refractivity contribution in [1.82, 2.24) is 5.32 Å². The second kappa shape index (κ2) is 12.3. The van der Waals surface area contributed by atoms with Gasteiger partial charge in [-0.2, -0.15) is 0 Å². The Labute approximate surface area is 125 Å². The van der Waals surface area contributed by atoms with Crippen LogP contribution in [0.25, 0.3) is 0 Å². The van der Waals surface area contributed by atoms with Gasteiger partial charge in [-0.15, -0.1) is 0 Å². The zero-order chi connectivity index (χ0) is 16.2. The average molecular weight is 289 g/mol. The van der Waals surface area contributed by atoms with Gasteiger partial charge in [0.15, 0.2) is 5.78 Å². The van der Waals surface area contributed by atoms with Crippen molar-refractivity contribution < 1.29 is 14.6 Å². The number of hydrogen-bond donors (Lipinski definition) is 2. The van der Waals surface area contributed by atoms with E-state index in [2.05, 4.69) is 33.0 Å². The van der Waals surface area contributed by atoms with Crippen LogP contribution in [0, 0.1) is 5.92 Å². The molecule has 0 amide bonds. The Bertz CT molecular complexity index is 238. The lowest BCUT2D eigenvalue weighted by Crippen LogP contribution is -2.35. The summed E-state index contributed by atoms with van der Waals surface area (Å²) in [5, 5.41) is 11.3. The third kappa shape index (κ3) is 14.0. The molecule has 2 N–H and O–H groups in total. The highest BCUT2D eigenvalue weighted by Crippen LogP contribution is 2.14. The van der Waals surface area contributed by atoms with E-state index < -0.39 is 5.60 Å². The standard InChI is InChI=1S/C11H22O2.C5H13NO/c1-6-10(12)11(4,5)13-8-7-9(2)3;1-5(2)6-3-4-7/h9H,6-8H2,1-5H3;5-7H,3-4H2,1-2H3. The van der Waals surface area contributed by atoms with Gasteiger partial charge in [0, 0.05) is 25.6 Å². The normalized spacial score (nSPS) is 11.5. The Morgan fingerprint density at radius 1 is 1.25 bits per heavy atom. The maximum absolute atomic E-state index is 11.4. The summed E-state index contributed by atoms with van der Waals surface area (Å²) in [6, 6.07) is 0.493. The molecular weight excluding hydrogens is 254 g/mol. The average Bonchev–Trinajstić information content (AvgIpc) is 2.35. The van der Waals surface area contributed by atoms with E-state index in [1.165, 1.54) is 0 Å². The molecule has 0 aliphatic rings. The summed E-state index contributed by atoms with van der Waals surface area (Å²) < 4.78 is 5.54. The van der Waals surface area contributed by atoms with E-state index in [1.807, 2.05) is 20.8 Å². The van der Waals surface area contributed by atoms with Crippen molar-refractivity contribution in [2.45, 2.75) is 73.0 Å². The molecule has 0 aromatic heterocycles. The molecule has 122 valence electrons. The lowest BCUT2D eigenvalue weighted by atomic mass is 10.0. The highest BCUT2D eigenvalue weighted by atomic mass is 16.5. The van der Waals surface area contributed by atoms with Crippen LogP contribution in [0.2, 0.25) is 0 Å². The van der Waals surface area contributed by atoms with Crippen molar-refractivity contribution in [2.24, 2.45) is 5.92 Å². The number of ketones is 1. The molecule has 20 heavy (non-hydrogen) atoms. The number of carbonyl (C=O) groups excluding carboxylic acids is 1. The Hall–Kier alpha value is -0.450. The molecule has 0 heterocycles. The highest BCUT2D eigenvalue weighted by Gasteiger charge is 2.26. The van der Waals surface area contributed by atoms with Crippen molar-refractivity contribution in [3.05, 3.63) is 0 Å². The summed E-state index contributed by atoms with van der Waals surface area (Å²) in [4.78, 5) is 11.4. The fourth-order valence-corrected chi connectivity index (χ4v) is 1.41. The topological polar surface area (TPSA) is 58.6 Å². The zero-order valence-electron chi connectivity index (χ0n) is 14.5. The molecule has 0 aromatic rings. The van der Waals surface area contributed by atoms with Crippen molar-refractivity contribution in [3.8, 4) is 0 Å². The molecule has 4 heteroatoms. The molecule has 0 unspecified atom stereocenters. The van der Waals surface area contributed by atoms with Gasteiger partial charge in [-0.25, -0.2) is 0 Å². The molecule has 0 aromatic carbocycles. The first-order chi connectivity index (χ1) is 9.17. The minimum absolute atomic E-state index is 0.177. The Balaban J connectivity index is 0. The summed E-state index contributed by atoms with van der Waals surface area (Å²) in [6.07, 6.45) is 1.56. The van der Waals surface area contributed by atoms with E-state index in [9.17, 15) is 4.79 Å². The van der Waals surface area contributed by atoms with Crippen LogP contribution in [0.1, 0.15) is 61.3 Å². The minimum Gasteiger partial charge on any atom is -0.395 e. The predicted octanol–water partition coefficient (Wildman–Crippen LogP) is 2.78. The SMILES string of the molecule is CC(C)NCCO.CCC(=O)C(C)(C)OCCC(C)C. The first-order valence-electron chi connectivity index (χ1n) is 7.68. The molecule has 0 bridgehead atoms. The monoisotopic (exact) mass is 289 g/mol. The van der Waals surface area contributed by atoms with Crippen molar-refractivity contribution in [1.29, 1.82) is 0 Å². The second-order valence-corrected chi connectivity index (χ2v) is 6.15. The smallest absolute Gasteiger partial charge is 0.163 e. The lowest BCUT2D eigenvalue weighted by molar-refractivity contribution is -0.140. The fourth-order valence-electron chi connectivity index (χ4n) is 1.41. The van der Waals surface area contributed by atoms with E-state index in [0.29, 0.717) is 31.5 Å². The molecule has 0 saturated heterocycles. The highest BCUT2D eigenvalue weighted by molar-refractivity contribution is 5.86. The van der Waals surface area contributed by atoms with Crippen LogP contribution in [0.5, 0.6) is 0 Å². The number of hydrogen-bond acceptors (Lipinski definition) is 4. The van der Waals surface area contributed by atoms with Crippen LogP contribution in [0.15, 0.2) is 0 Å². The number of aliphatic hydroxyl groups excluding tert-OH is 1. The van der Waals surface area contributed by atoms with E-state index in [-0.39, 0.29) is 12.4 Å². The molecule has 0 rings (SSSR count). The summed E-state index contributed by atoms with van der Waals surface area (Å²) in [7, 11) is 0. The molecule has 0 aliphatic heterocycles. The van der Waals surface area contributed by atoms with E-state index in [1.54, 1.807) is 0 Å². The van der Waals surface area contributed by atoms with Gasteiger partial charge in [0.05, 0.1) is 6.61 Å². The van der Waals surface area contributed by atoms with Crippen LogP contribution in [0.4, 0.5) is 0 Å². The molecule has 0 aliphatic carbocycles. The maximum atomic E-state index is 11.4. The Kier molecular flexibility index (Phi) is 13.4. The van der Waals surface area contributed by atoms with Crippen LogP contribution in [-0.4, -0.2) is 42.3 Å².